The maximum Gasteiger partial charge on any atom is 0.195 e. The van der Waals surface area contributed by atoms with Gasteiger partial charge in [-0.05, 0) is 49.5 Å². The minimum absolute atomic E-state index is 0.00808. The zero-order valence-corrected chi connectivity index (χ0v) is 15.7. The van der Waals surface area contributed by atoms with Gasteiger partial charge in [-0.2, -0.15) is 0 Å². The van der Waals surface area contributed by atoms with Crippen LogP contribution in [-0.4, -0.2) is 33.8 Å². The number of hydrogen-bond donors (Lipinski definition) is 1. The number of benzene rings is 2. The van der Waals surface area contributed by atoms with E-state index >= 15 is 0 Å². The van der Waals surface area contributed by atoms with Crippen LogP contribution in [0.4, 0.5) is 0 Å². The highest BCUT2D eigenvalue weighted by molar-refractivity contribution is 5.59. The number of piperidine rings is 1. The van der Waals surface area contributed by atoms with Crippen LogP contribution in [0.5, 0.6) is 0 Å². The van der Waals surface area contributed by atoms with Crippen molar-refractivity contribution in [2.75, 3.05) is 13.1 Å². The second-order valence-electron chi connectivity index (χ2n) is 7.68. The first-order valence-corrected chi connectivity index (χ1v) is 9.67. The molecule has 1 saturated heterocycles. The molecule has 0 aliphatic carbocycles. The first-order chi connectivity index (χ1) is 12.6. The first-order valence-electron chi connectivity index (χ1n) is 9.67. The van der Waals surface area contributed by atoms with E-state index in [2.05, 4.69) is 77.5 Å². The Morgan fingerprint density at radius 2 is 1.65 bits per heavy atom. The molecule has 0 saturated carbocycles. The van der Waals surface area contributed by atoms with E-state index in [0.717, 1.165) is 25.9 Å². The molecule has 2 aromatic carbocycles. The lowest BCUT2D eigenvalue weighted by atomic mass is 9.89. The van der Waals surface area contributed by atoms with E-state index in [-0.39, 0.29) is 6.04 Å². The van der Waals surface area contributed by atoms with Crippen LogP contribution in [-0.2, 0) is 0 Å². The van der Waals surface area contributed by atoms with Crippen LogP contribution in [0.2, 0.25) is 0 Å². The third-order valence-corrected chi connectivity index (χ3v) is 5.82. The normalized spacial score (nSPS) is 22.7. The molecule has 3 nitrogen and oxygen atoms in total. The number of fused-ring (bicyclic) bond motifs is 1. The Morgan fingerprint density at radius 3 is 2.38 bits per heavy atom. The van der Waals surface area contributed by atoms with Crippen LogP contribution in [0.15, 0.2) is 54.7 Å². The van der Waals surface area contributed by atoms with Crippen LogP contribution >= 0.6 is 0 Å². The average Bonchev–Trinajstić information content (AvgIpc) is 2.68. The Morgan fingerprint density at radius 1 is 0.962 bits per heavy atom. The SMILES string of the molecule is Cc1ccc(C2c3ccccc3C=CN2C(C)(O)N2CCCCC2)cc1. The summed E-state index contributed by atoms with van der Waals surface area (Å²) in [6.07, 6.45) is 7.76. The molecule has 2 unspecified atom stereocenters. The van der Waals surface area contributed by atoms with Gasteiger partial charge in [0, 0.05) is 19.3 Å². The second kappa shape index (κ2) is 6.90. The topological polar surface area (TPSA) is 26.7 Å². The maximum absolute atomic E-state index is 11.6. The van der Waals surface area contributed by atoms with E-state index in [0.29, 0.717) is 0 Å². The molecule has 26 heavy (non-hydrogen) atoms. The fraction of sp³-hybridized carbons (Fsp3) is 0.391. The van der Waals surface area contributed by atoms with Gasteiger partial charge >= 0.3 is 0 Å². The van der Waals surface area contributed by atoms with Crippen LogP contribution in [0.1, 0.15) is 54.5 Å². The molecule has 0 bridgehead atoms. The molecular weight excluding hydrogens is 320 g/mol. The minimum atomic E-state index is -1.01. The number of nitrogens with zero attached hydrogens (tertiary/aromatic N) is 2. The summed E-state index contributed by atoms with van der Waals surface area (Å²) in [4.78, 5) is 4.35. The Kier molecular flexibility index (Phi) is 4.60. The van der Waals surface area contributed by atoms with Gasteiger partial charge in [-0.1, -0.05) is 60.5 Å². The summed E-state index contributed by atoms with van der Waals surface area (Å²) in [6.45, 7) is 5.94. The number of hydrogen-bond acceptors (Lipinski definition) is 3. The van der Waals surface area contributed by atoms with Gasteiger partial charge in [-0.15, -0.1) is 0 Å². The number of likely N-dealkylation sites (tertiary alicyclic amines) is 1. The molecule has 1 N–H and O–H groups in total. The van der Waals surface area contributed by atoms with Gasteiger partial charge < -0.3 is 10.0 Å². The van der Waals surface area contributed by atoms with Crippen molar-refractivity contribution in [3.05, 3.63) is 77.0 Å². The predicted octanol–water partition coefficient (Wildman–Crippen LogP) is 4.52. The van der Waals surface area contributed by atoms with Gasteiger partial charge in [0.05, 0.1) is 6.04 Å². The summed E-state index contributed by atoms with van der Waals surface area (Å²) in [7, 11) is 0. The van der Waals surface area contributed by atoms with Crippen molar-refractivity contribution in [3.8, 4) is 0 Å². The van der Waals surface area contributed by atoms with Crippen LogP contribution in [0, 0.1) is 6.92 Å². The maximum atomic E-state index is 11.6. The standard InChI is InChI=1S/C23H28N2O/c1-18-10-12-20(13-11-18)22-21-9-5-4-8-19(21)14-17-25(22)23(2,26)24-15-6-3-7-16-24/h4-5,8-14,17,22,26H,3,6-7,15-16H2,1-2H3. The third-order valence-electron chi connectivity index (χ3n) is 5.82. The predicted molar refractivity (Wildman–Crippen MR) is 106 cm³/mol. The summed E-state index contributed by atoms with van der Waals surface area (Å²) < 4.78 is 0. The molecule has 0 radical (unpaired) electrons. The molecule has 3 heteroatoms. The third kappa shape index (κ3) is 3.06. The second-order valence-corrected chi connectivity index (χ2v) is 7.68. The van der Waals surface area contributed by atoms with E-state index in [9.17, 15) is 5.11 Å². The number of aryl methyl sites for hydroxylation is 1. The first kappa shape index (κ1) is 17.3. The van der Waals surface area contributed by atoms with Gasteiger partial charge in [-0.3, -0.25) is 4.90 Å². The summed E-state index contributed by atoms with van der Waals surface area (Å²) in [6, 6.07) is 17.2. The quantitative estimate of drug-likeness (QED) is 0.883. The highest BCUT2D eigenvalue weighted by Gasteiger charge is 2.41. The molecule has 1 fully saturated rings. The Balaban J connectivity index is 1.78. The van der Waals surface area contributed by atoms with Gasteiger partial charge in [0.2, 0.25) is 0 Å². The molecule has 136 valence electrons. The van der Waals surface area contributed by atoms with E-state index in [1.807, 2.05) is 6.92 Å². The lowest BCUT2D eigenvalue weighted by Crippen LogP contribution is -2.59. The minimum Gasteiger partial charge on any atom is -0.358 e. The lowest BCUT2D eigenvalue weighted by molar-refractivity contribution is -0.200. The highest BCUT2D eigenvalue weighted by Crippen LogP contribution is 2.40. The molecule has 2 aliphatic heterocycles. The molecule has 2 aromatic rings. The number of rotatable bonds is 3. The highest BCUT2D eigenvalue weighted by atomic mass is 16.3. The summed E-state index contributed by atoms with van der Waals surface area (Å²) in [5, 5.41) is 11.6. The van der Waals surface area contributed by atoms with Crippen molar-refractivity contribution in [1.29, 1.82) is 0 Å². The smallest absolute Gasteiger partial charge is 0.195 e. The fourth-order valence-corrected chi connectivity index (χ4v) is 4.26. The molecule has 2 atom stereocenters. The van der Waals surface area contributed by atoms with E-state index < -0.39 is 5.85 Å². The van der Waals surface area contributed by atoms with E-state index in [1.165, 1.54) is 28.7 Å². The Bertz CT molecular complexity index is 788. The van der Waals surface area contributed by atoms with Crippen molar-refractivity contribution in [2.24, 2.45) is 0 Å². The van der Waals surface area contributed by atoms with E-state index in [4.69, 9.17) is 0 Å². The molecular formula is C23H28N2O. The fourth-order valence-electron chi connectivity index (χ4n) is 4.26. The Hall–Kier alpha value is -2.10. The number of aliphatic hydroxyl groups is 1. The molecule has 2 heterocycles. The molecule has 0 spiro atoms. The molecule has 2 aliphatic rings. The molecule has 0 aromatic heterocycles. The van der Waals surface area contributed by atoms with Crippen LogP contribution < -0.4 is 0 Å². The average molecular weight is 348 g/mol. The van der Waals surface area contributed by atoms with E-state index in [1.54, 1.807) is 0 Å². The van der Waals surface area contributed by atoms with Crippen LogP contribution in [0.3, 0.4) is 0 Å². The molecule has 4 rings (SSSR count). The van der Waals surface area contributed by atoms with Crippen molar-refractivity contribution < 1.29 is 5.11 Å². The Labute approximate surface area is 156 Å². The molecule has 0 amide bonds. The zero-order valence-electron chi connectivity index (χ0n) is 15.7. The summed E-state index contributed by atoms with van der Waals surface area (Å²) >= 11 is 0. The van der Waals surface area contributed by atoms with Crippen molar-refractivity contribution >= 4 is 6.08 Å². The van der Waals surface area contributed by atoms with Gasteiger partial charge in [0.1, 0.15) is 0 Å². The summed E-state index contributed by atoms with van der Waals surface area (Å²) in [5.41, 5.74) is 4.94. The van der Waals surface area contributed by atoms with Gasteiger partial charge in [-0.25, -0.2) is 0 Å². The van der Waals surface area contributed by atoms with Crippen LogP contribution in [0.25, 0.3) is 6.08 Å². The summed E-state index contributed by atoms with van der Waals surface area (Å²) in [5.74, 6) is -1.01. The van der Waals surface area contributed by atoms with Gasteiger partial charge in [0.25, 0.3) is 0 Å². The lowest BCUT2D eigenvalue weighted by Gasteiger charge is -2.50. The monoisotopic (exact) mass is 348 g/mol. The largest absolute Gasteiger partial charge is 0.358 e. The zero-order chi connectivity index (χ0) is 18.1. The van der Waals surface area contributed by atoms with Crippen molar-refractivity contribution in [1.82, 2.24) is 9.80 Å². The van der Waals surface area contributed by atoms with Crippen molar-refractivity contribution in [2.45, 2.75) is 45.0 Å². The van der Waals surface area contributed by atoms with Crippen molar-refractivity contribution in [3.63, 3.8) is 0 Å². The van der Waals surface area contributed by atoms with Gasteiger partial charge in [0.15, 0.2) is 5.85 Å².